The fourth-order valence-corrected chi connectivity index (χ4v) is 1.43. The molecule has 0 saturated heterocycles. The highest BCUT2D eigenvalue weighted by Gasteiger charge is 2.28. The van der Waals surface area contributed by atoms with Gasteiger partial charge in [-0.1, -0.05) is 12.1 Å². The standard InChI is InChI=1S/C8H4O3.C5H12O2/c9-7-5-3-1-2-4-6(5)8(10)11-7;6-4-2-1-3-5-7/h1-4H;6-7H,1-5H2. The van der Waals surface area contributed by atoms with E-state index in [0.717, 1.165) is 19.3 Å². The van der Waals surface area contributed by atoms with Gasteiger partial charge < -0.3 is 14.9 Å². The monoisotopic (exact) mass is 252 g/mol. The van der Waals surface area contributed by atoms with Gasteiger partial charge in [-0.2, -0.15) is 0 Å². The molecule has 1 heterocycles. The summed E-state index contributed by atoms with van der Waals surface area (Å²) in [4.78, 5) is 21.7. The number of rotatable bonds is 4. The minimum atomic E-state index is -0.550. The number of esters is 2. The number of benzene rings is 1. The van der Waals surface area contributed by atoms with Crippen molar-refractivity contribution >= 4 is 11.9 Å². The van der Waals surface area contributed by atoms with Gasteiger partial charge in [-0.25, -0.2) is 9.59 Å². The molecule has 2 N–H and O–H groups in total. The lowest BCUT2D eigenvalue weighted by Gasteiger charge is -1.90. The van der Waals surface area contributed by atoms with Crippen LogP contribution in [0.1, 0.15) is 40.0 Å². The lowest BCUT2D eigenvalue weighted by atomic mass is 10.1. The molecule has 98 valence electrons. The highest BCUT2D eigenvalue weighted by atomic mass is 16.6. The van der Waals surface area contributed by atoms with Gasteiger partial charge in [0, 0.05) is 13.2 Å². The number of ether oxygens (including phenoxy) is 1. The van der Waals surface area contributed by atoms with E-state index in [1.165, 1.54) is 0 Å². The smallest absolute Gasteiger partial charge is 0.346 e. The van der Waals surface area contributed by atoms with Crippen molar-refractivity contribution in [1.82, 2.24) is 0 Å². The zero-order valence-electron chi connectivity index (χ0n) is 9.96. The molecular weight excluding hydrogens is 236 g/mol. The van der Waals surface area contributed by atoms with E-state index in [9.17, 15) is 9.59 Å². The third-order valence-electron chi connectivity index (χ3n) is 2.37. The van der Waals surface area contributed by atoms with Crippen LogP contribution < -0.4 is 0 Å². The van der Waals surface area contributed by atoms with E-state index < -0.39 is 11.9 Å². The molecule has 1 aliphatic heterocycles. The average Bonchev–Trinajstić information content (AvgIpc) is 2.67. The molecule has 1 aromatic carbocycles. The number of cyclic esters (lactones) is 2. The first-order valence-corrected chi connectivity index (χ1v) is 5.78. The quantitative estimate of drug-likeness (QED) is 0.477. The number of fused-ring (bicyclic) bond motifs is 1. The molecule has 18 heavy (non-hydrogen) atoms. The number of hydrogen-bond donors (Lipinski definition) is 2. The Hall–Kier alpha value is -1.72. The Morgan fingerprint density at radius 3 is 1.67 bits per heavy atom. The molecule has 0 unspecified atom stereocenters. The van der Waals surface area contributed by atoms with E-state index in [2.05, 4.69) is 4.74 Å². The van der Waals surface area contributed by atoms with Crippen LogP contribution >= 0.6 is 0 Å². The van der Waals surface area contributed by atoms with Crippen molar-refractivity contribution in [3.8, 4) is 0 Å². The summed E-state index contributed by atoms with van der Waals surface area (Å²) >= 11 is 0. The van der Waals surface area contributed by atoms with Gasteiger partial charge in [0.2, 0.25) is 0 Å². The normalized spacial score (nSPS) is 12.6. The highest BCUT2D eigenvalue weighted by molar-refractivity contribution is 6.14. The van der Waals surface area contributed by atoms with E-state index >= 15 is 0 Å². The summed E-state index contributed by atoms with van der Waals surface area (Å²) in [6, 6.07) is 6.53. The lowest BCUT2D eigenvalue weighted by molar-refractivity contribution is 0.0444. The highest BCUT2D eigenvalue weighted by Crippen LogP contribution is 2.18. The summed E-state index contributed by atoms with van der Waals surface area (Å²) in [5.41, 5.74) is 0.718. The summed E-state index contributed by atoms with van der Waals surface area (Å²) in [6.07, 6.45) is 2.58. The first-order valence-electron chi connectivity index (χ1n) is 5.78. The number of carbonyl (C=O) groups is 2. The third-order valence-corrected chi connectivity index (χ3v) is 2.37. The molecule has 0 spiro atoms. The molecule has 5 nitrogen and oxygen atoms in total. The molecule has 1 aromatic rings. The van der Waals surface area contributed by atoms with Crippen molar-refractivity contribution in [2.45, 2.75) is 19.3 Å². The van der Waals surface area contributed by atoms with E-state index in [1.54, 1.807) is 24.3 Å². The molecule has 0 aromatic heterocycles. The Bertz CT molecular complexity index is 377. The van der Waals surface area contributed by atoms with Crippen molar-refractivity contribution < 1.29 is 24.5 Å². The van der Waals surface area contributed by atoms with Crippen LogP contribution in [0.15, 0.2) is 24.3 Å². The van der Waals surface area contributed by atoms with E-state index in [4.69, 9.17) is 10.2 Å². The lowest BCUT2D eigenvalue weighted by Crippen LogP contribution is -1.96. The summed E-state index contributed by atoms with van der Waals surface area (Å²) < 4.78 is 4.35. The van der Waals surface area contributed by atoms with Crippen LogP contribution in [0, 0.1) is 0 Å². The number of carbonyl (C=O) groups excluding carboxylic acids is 2. The number of hydrogen-bond acceptors (Lipinski definition) is 5. The molecule has 0 radical (unpaired) electrons. The fraction of sp³-hybridized carbons (Fsp3) is 0.385. The summed E-state index contributed by atoms with van der Waals surface area (Å²) in [6.45, 7) is 0.500. The van der Waals surface area contributed by atoms with Crippen molar-refractivity contribution in [3.63, 3.8) is 0 Å². The third kappa shape index (κ3) is 3.94. The van der Waals surface area contributed by atoms with Crippen LogP contribution in [0.5, 0.6) is 0 Å². The van der Waals surface area contributed by atoms with Crippen LogP contribution in [0.4, 0.5) is 0 Å². The topological polar surface area (TPSA) is 83.8 Å². The summed E-state index contributed by atoms with van der Waals surface area (Å²) in [5, 5.41) is 16.4. The summed E-state index contributed by atoms with van der Waals surface area (Å²) in [7, 11) is 0. The van der Waals surface area contributed by atoms with Crippen LogP contribution in [0.3, 0.4) is 0 Å². The predicted molar refractivity (Wildman–Crippen MR) is 64.2 cm³/mol. The van der Waals surface area contributed by atoms with Gasteiger partial charge in [-0.3, -0.25) is 0 Å². The van der Waals surface area contributed by atoms with Crippen LogP contribution in [-0.2, 0) is 4.74 Å². The Morgan fingerprint density at radius 2 is 1.28 bits per heavy atom. The molecule has 0 aliphatic carbocycles. The maximum Gasteiger partial charge on any atom is 0.346 e. The molecule has 2 rings (SSSR count). The van der Waals surface area contributed by atoms with Crippen molar-refractivity contribution in [3.05, 3.63) is 35.4 Å². The molecule has 1 aliphatic rings. The minimum Gasteiger partial charge on any atom is -0.396 e. The number of unbranched alkanes of at least 4 members (excludes halogenated alkanes) is 2. The maximum absolute atomic E-state index is 10.8. The van der Waals surface area contributed by atoms with Gasteiger partial charge in [0.1, 0.15) is 0 Å². The molecule has 0 fully saturated rings. The Morgan fingerprint density at radius 1 is 0.833 bits per heavy atom. The largest absolute Gasteiger partial charge is 0.396 e. The first kappa shape index (κ1) is 14.3. The zero-order chi connectivity index (χ0) is 13.4. The Balaban J connectivity index is 0.000000203. The van der Waals surface area contributed by atoms with Crippen molar-refractivity contribution in [2.24, 2.45) is 0 Å². The van der Waals surface area contributed by atoms with Crippen LogP contribution in [0.25, 0.3) is 0 Å². The molecule has 0 bridgehead atoms. The van der Waals surface area contributed by atoms with Gasteiger partial charge in [0.05, 0.1) is 11.1 Å². The second-order valence-corrected chi connectivity index (χ2v) is 3.73. The van der Waals surface area contributed by atoms with Gasteiger partial charge in [-0.05, 0) is 31.4 Å². The molecule has 0 atom stereocenters. The minimum absolute atomic E-state index is 0.250. The Labute approximate surface area is 105 Å². The SMILES string of the molecule is O=C1OC(=O)c2ccccc21.OCCCCCO. The predicted octanol–water partition coefficient (Wildman–Crippen LogP) is 1.14. The van der Waals surface area contributed by atoms with Crippen LogP contribution in [-0.4, -0.2) is 35.4 Å². The molecule has 0 saturated carbocycles. The summed E-state index contributed by atoms with van der Waals surface area (Å²) in [5.74, 6) is -1.10. The van der Waals surface area contributed by atoms with Gasteiger partial charge in [-0.15, -0.1) is 0 Å². The van der Waals surface area contributed by atoms with Gasteiger partial charge >= 0.3 is 11.9 Å². The molecule has 5 heteroatoms. The van der Waals surface area contributed by atoms with Gasteiger partial charge in [0.25, 0.3) is 0 Å². The molecule has 0 amide bonds. The van der Waals surface area contributed by atoms with E-state index in [0.29, 0.717) is 11.1 Å². The first-order chi connectivity index (χ1) is 8.70. The van der Waals surface area contributed by atoms with Crippen LogP contribution in [0.2, 0.25) is 0 Å². The average molecular weight is 252 g/mol. The zero-order valence-corrected chi connectivity index (χ0v) is 9.96. The van der Waals surface area contributed by atoms with Crippen molar-refractivity contribution in [2.75, 3.05) is 13.2 Å². The second kappa shape index (κ2) is 7.58. The van der Waals surface area contributed by atoms with Crippen molar-refractivity contribution in [1.29, 1.82) is 0 Å². The molecular formula is C13H16O5. The number of aliphatic hydroxyl groups excluding tert-OH is 2. The van der Waals surface area contributed by atoms with E-state index in [-0.39, 0.29) is 13.2 Å². The van der Waals surface area contributed by atoms with E-state index in [1.807, 2.05) is 0 Å². The maximum atomic E-state index is 10.8. The second-order valence-electron chi connectivity index (χ2n) is 3.73. The number of aliphatic hydroxyl groups is 2. The Kier molecular flexibility index (Phi) is 6.04. The fourth-order valence-electron chi connectivity index (χ4n) is 1.43. The van der Waals surface area contributed by atoms with Gasteiger partial charge in [0.15, 0.2) is 0 Å².